The molecule has 0 atom stereocenters. The fraction of sp³-hybridized carbons (Fsp3) is 0.765. The van der Waals surface area contributed by atoms with Crippen LogP contribution in [0.4, 0.5) is 0 Å². The summed E-state index contributed by atoms with van der Waals surface area (Å²) in [5, 5.41) is 10.4. The fourth-order valence-corrected chi connectivity index (χ4v) is 3.72. The van der Waals surface area contributed by atoms with E-state index >= 15 is 0 Å². The van der Waals surface area contributed by atoms with Gasteiger partial charge in [-0.3, -0.25) is 4.99 Å². The molecular formula is C17H31N5S. The molecule has 6 heteroatoms. The molecule has 130 valence electrons. The summed E-state index contributed by atoms with van der Waals surface area (Å²) in [6.07, 6.45) is 5.63. The highest BCUT2D eigenvalue weighted by atomic mass is 32.1. The SMILES string of the molecule is CCCN1CCC(NC(=NC)NCCc2csc(CC)n2)CC1. The topological polar surface area (TPSA) is 52.5 Å². The van der Waals surface area contributed by atoms with Crippen LogP contribution < -0.4 is 10.6 Å². The van der Waals surface area contributed by atoms with Crippen LogP contribution in [0.2, 0.25) is 0 Å². The van der Waals surface area contributed by atoms with Crippen LogP contribution in [0.1, 0.15) is 43.8 Å². The highest BCUT2D eigenvalue weighted by Crippen LogP contribution is 2.11. The van der Waals surface area contributed by atoms with Crippen LogP contribution in [0.15, 0.2) is 10.4 Å². The van der Waals surface area contributed by atoms with Crippen molar-refractivity contribution in [2.75, 3.05) is 33.2 Å². The molecule has 2 N–H and O–H groups in total. The Morgan fingerprint density at radius 1 is 1.39 bits per heavy atom. The lowest BCUT2D eigenvalue weighted by molar-refractivity contribution is 0.206. The predicted octanol–water partition coefficient (Wildman–Crippen LogP) is 2.29. The first kappa shape index (κ1) is 18.2. The van der Waals surface area contributed by atoms with Gasteiger partial charge in [0, 0.05) is 44.5 Å². The third-order valence-electron chi connectivity index (χ3n) is 4.27. The second-order valence-corrected chi connectivity index (χ2v) is 7.04. The lowest BCUT2D eigenvalue weighted by atomic mass is 10.1. The molecule has 2 heterocycles. The van der Waals surface area contributed by atoms with E-state index in [1.165, 1.54) is 49.6 Å². The summed E-state index contributed by atoms with van der Waals surface area (Å²) in [6.45, 7) is 8.90. The molecule has 0 aromatic carbocycles. The average molecular weight is 338 g/mol. The van der Waals surface area contributed by atoms with Crippen molar-refractivity contribution in [3.63, 3.8) is 0 Å². The first-order valence-electron chi connectivity index (χ1n) is 8.88. The van der Waals surface area contributed by atoms with Gasteiger partial charge in [-0.05, 0) is 32.2 Å². The van der Waals surface area contributed by atoms with Crippen molar-refractivity contribution in [1.82, 2.24) is 20.5 Å². The van der Waals surface area contributed by atoms with Crippen molar-refractivity contribution in [3.05, 3.63) is 16.1 Å². The Morgan fingerprint density at radius 2 is 2.17 bits per heavy atom. The molecule has 0 spiro atoms. The van der Waals surface area contributed by atoms with E-state index < -0.39 is 0 Å². The van der Waals surface area contributed by atoms with Crippen LogP contribution in [-0.2, 0) is 12.8 Å². The maximum Gasteiger partial charge on any atom is 0.191 e. The van der Waals surface area contributed by atoms with Crippen LogP contribution in [-0.4, -0.2) is 55.1 Å². The van der Waals surface area contributed by atoms with Crippen molar-refractivity contribution in [2.45, 2.75) is 52.0 Å². The molecule has 0 aliphatic carbocycles. The highest BCUT2D eigenvalue weighted by molar-refractivity contribution is 7.09. The van der Waals surface area contributed by atoms with Crippen LogP contribution in [0.5, 0.6) is 0 Å². The maximum atomic E-state index is 4.61. The Hall–Kier alpha value is -1.14. The summed E-state index contributed by atoms with van der Waals surface area (Å²) >= 11 is 1.76. The van der Waals surface area contributed by atoms with Gasteiger partial charge in [0.2, 0.25) is 0 Å². The third kappa shape index (κ3) is 6.11. The van der Waals surface area contributed by atoms with Gasteiger partial charge in [0.1, 0.15) is 0 Å². The first-order valence-corrected chi connectivity index (χ1v) is 9.75. The van der Waals surface area contributed by atoms with Gasteiger partial charge in [-0.2, -0.15) is 0 Å². The summed E-state index contributed by atoms with van der Waals surface area (Å²) < 4.78 is 0. The second-order valence-electron chi connectivity index (χ2n) is 6.10. The quantitative estimate of drug-likeness (QED) is 0.592. The molecule has 1 fully saturated rings. The summed E-state index contributed by atoms with van der Waals surface area (Å²) in [4.78, 5) is 11.5. The molecule has 0 amide bonds. The van der Waals surface area contributed by atoms with E-state index in [-0.39, 0.29) is 0 Å². The number of hydrogen-bond acceptors (Lipinski definition) is 4. The summed E-state index contributed by atoms with van der Waals surface area (Å²) in [7, 11) is 1.85. The van der Waals surface area contributed by atoms with Gasteiger partial charge >= 0.3 is 0 Å². The molecule has 1 aliphatic heterocycles. The van der Waals surface area contributed by atoms with Gasteiger partial charge in [-0.1, -0.05) is 13.8 Å². The summed E-state index contributed by atoms with van der Waals surface area (Å²) in [6, 6.07) is 0.542. The molecule has 1 aromatic heterocycles. The van der Waals surface area contributed by atoms with Crippen LogP contribution in [0.25, 0.3) is 0 Å². The smallest absolute Gasteiger partial charge is 0.191 e. The van der Waals surface area contributed by atoms with Crippen molar-refractivity contribution >= 4 is 17.3 Å². The Morgan fingerprint density at radius 3 is 2.78 bits per heavy atom. The number of aromatic nitrogens is 1. The first-order chi connectivity index (χ1) is 11.2. The zero-order chi connectivity index (χ0) is 16.5. The standard InChI is InChI=1S/C17H31N5S/c1-4-10-22-11-7-14(8-12-22)21-17(18-3)19-9-6-15-13-23-16(5-2)20-15/h13-14H,4-12H2,1-3H3,(H2,18,19,21). The average Bonchev–Trinajstić information content (AvgIpc) is 3.04. The van der Waals surface area contributed by atoms with E-state index in [9.17, 15) is 0 Å². The molecule has 2 rings (SSSR count). The van der Waals surface area contributed by atoms with Gasteiger partial charge in [-0.25, -0.2) is 4.98 Å². The minimum atomic E-state index is 0.542. The highest BCUT2D eigenvalue weighted by Gasteiger charge is 2.19. The maximum absolute atomic E-state index is 4.61. The number of hydrogen-bond donors (Lipinski definition) is 2. The van der Waals surface area contributed by atoms with Crippen LogP contribution in [0.3, 0.4) is 0 Å². The van der Waals surface area contributed by atoms with Crippen LogP contribution in [0, 0.1) is 0 Å². The summed E-state index contributed by atoms with van der Waals surface area (Å²) in [5.41, 5.74) is 1.18. The number of aliphatic imine (C=N–C) groups is 1. The molecule has 0 bridgehead atoms. The lowest BCUT2D eigenvalue weighted by Crippen LogP contribution is -2.49. The number of likely N-dealkylation sites (tertiary alicyclic amines) is 1. The molecule has 5 nitrogen and oxygen atoms in total. The number of rotatable bonds is 7. The number of guanidine groups is 1. The minimum absolute atomic E-state index is 0.542. The number of nitrogens with zero attached hydrogens (tertiary/aromatic N) is 3. The molecule has 0 unspecified atom stereocenters. The zero-order valence-corrected chi connectivity index (χ0v) is 15.6. The summed E-state index contributed by atoms with van der Waals surface area (Å²) in [5.74, 6) is 0.921. The van der Waals surface area contributed by atoms with Gasteiger partial charge in [-0.15, -0.1) is 11.3 Å². The van der Waals surface area contributed by atoms with Crippen LogP contribution >= 0.6 is 11.3 Å². The largest absolute Gasteiger partial charge is 0.356 e. The van der Waals surface area contributed by atoms with Crippen molar-refractivity contribution in [2.24, 2.45) is 4.99 Å². The van der Waals surface area contributed by atoms with E-state index in [0.717, 1.165) is 25.3 Å². The predicted molar refractivity (Wildman–Crippen MR) is 99.4 cm³/mol. The number of nitrogens with one attached hydrogen (secondary N) is 2. The molecule has 1 aromatic rings. The van der Waals surface area contributed by atoms with E-state index in [1.54, 1.807) is 11.3 Å². The molecule has 0 saturated carbocycles. The second kappa shape index (κ2) is 9.88. The van der Waals surface area contributed by atoms with Gasteiger partial charge in [0.05, 0.1) is 10.7 Å². The Kier molecular flexibility index (Phi) is 7.82. The van der Waals surface area contributed by atoms with E-state index in [0.29, 0.717) is 6.04 Å². The third-order valence-corrected chi connectivity index (χ3v) is 5.31. The molecule has 1 saturated heterocycles. The van der Waals surface area contributed by atoms with E-state index in [1.807, 2.05) is 7.05 Å². The normalized spacial score (nSPS) is 17.4. The zero-order valence-electron chi connectivity index (χ0n) is 14.8. The van der Waals surface area contributed by atoms with E-state index in [4.69, 9.17) is 0 Å². The molecule has 0 radical (unpaired) electrons. The lowest BCUT2D eigenvalue weighted by Gasteiger charge is -2.32. The van der Waals surface area contributed by atoms with Gasteiger partial charge in [0.25, 0.3) is 0 Å². The van der Waals surface area contributed by atoms with Gasteiger partial charge in [0.15, 0.2) is 5.96 Å². The fourth-order valence-electron chi connectivity index (χ4n) is 2.94. The van der Waals surface area contributed by atoms with Crippen molar-refractivity contribution < 1.29 is 0 Å². The Balaban J connectivity index is 1.67. The Labute approximate surface area is 144 Å². The van der Waals surface area contributed by atoms with Crippen molar-refractivity contribution in [3.8, 4) is 0 Å². The van der Waals surface area contributed by atoms with Crippen molar-refractivity contribution in [1.29, 1.82) is 0 Å². The molecule has 23 heavy (non-hydrogen) atoms. The molecule has 1 aliphatic rings. The molecular weight excluding hydrogens is 306 g/mol. The van der Waals surface area contributed by atoms with E-state index in [2.05, 4.69) is 44.7 Å². The monoisotopic (exact) mass is 337 g/mol. The van der Waals surface area contributed by atoms with Gasteiger partial charge < -0.3 is 15.5 Å². The number of piperidine rings is 1. The Bertz CT molecular complexity index is 477. The minimum Gasteiger partial charge on any atom is -0.356 e. The number of aryl methyl sites for hydroxylation is 1. The number of thiazole rings is 1.